The first-order chi connectivity index (χ1) is 17.6. The molecule has 0 saturated carbocycles. The molecule has 4 aromatic rings. The Bertz CT molecular complexity index is 1500. The lowest BCUT2D eigenvalue weighted by Crippen LogP contribution is -2.54. The molecule has 12 heteroatoms. The number of amides is 2. The van der Waals surface area contributed by atoms with Gasteiger partial charge in [-0.15, -0.1) is 10.2 Å². The fourth-order valence-corrected chi connectivity index (χ4v) is 4.58. The number of aromatic nitrogens is 6. The molecule has 1 saturated heterocycles. The largest absolute Gasteiger partial charge is 0.388 e. The molecule has 37 heavy (non-hydrogen) atoms. The number of pyridine rings is 2. The van der Waals surface area contributed by atoms with E-state index in [0.29, 0.717) is 40.8 Å². The van der Waals surface area contributed by atoms with Gasteiger partial charge in [-0.1, -0.05) is 13.8 Å². The first-order valence-electron chi connectivity index (χ1n) is 11.9. The van der Waals surface area contributed by atoms with Crippen LogP contribution >= 0.6 is 0 Å². The van der Waals surface area contributed by atoms with E-state index < -0.39 is 5.91 Å². The fourth-order valence-electron chi connectivity index (χ4n) is 4.58. The van der Waals surface area contributed by atoms with Crippen molar-refractivity contribution in [2.45, 2.75) is 27.4 Å². The minimum absolute atomic E-state index is 0.104. The number of nitrogens with one attached hydrogen (secondary N) is 2. The minimum atomic E-state index is -0.461. The molecule has 1 fully saturated rings. The van der Waals surface area contributed by atoms with E-state index in [9.17, 15) is 14.7 Å². The van der Waals surface area contributed by atoms with Crippen LogP contribution in [0.5, 0.6) is 0 Å². The van der Waals surface area contributed by atoms with Crippen molar-refractivity contribution in [3.05, 3.63) is 54.1 Å². The van der Waals surface area contributed by atoms with Gasteiger partial charge >= 0.3 is 0 Å². The summed E-state index contributed by atoms with van der Waals surface area (Å²) in [6, 6.07) is 5.26. The lowest BCUT2D eigenvalue weighted by molar-refractivity contribution is -0.120. The van der Waals surface area contributed by atoms with Crippen LogP contribution in [0.25, 0.3) is 16.9 Å². The van der Waals surface area contributed by atoms with Crippen LogP contribution in [0.15, 0.2) is 36.8 Å². The van der Waals surface area contributed by atoms with E-state index in [1.54, 1.807) is 46.5 Å². The zero-order chi connectivity index (χ0) is 26.3. The Morgan fingerprint density at radius 1 is 1.16 bits per heavy atom. The van der Waals surface area contributed by atoms with Gasteiger partial charge in [0, 0.05) is 38.1 Å². The van der Waals surface area contributed by atoms with Crippen LogP contribution in [0.1, 0.15) is 36.0 Å². The fraction of sp³-hybridized carbons (Fsp3) is 0.360. The van der Waals surface area contributed by atoms with E-state index in [4.69, 9.17) is 0 Å². The number of carbonyl (C=O) groups excluding carboxylic acids is 2. The van der Waals surface area contributed by atoms with Gasteiger partial charge in [-0.05, 0) is 30.5 Å². The average Bonchev–Trinajstić information content (AvgIpc) is 3.42. The van der Waals surface area contributed by atoms with E-state index >= 15 is 0 Å². The molecule has 4 aromatic heterocycles. The molecule has 0 aromatic carbocycles. The number of nitrogens with zero attached hydrogens (tertiary/aromatic N) is 7. The van der Waals surface area contributed by atoms with Gasteiger partial charge in [0.05, 0.1) is 35.5 Å². The highest BCUT2D eigenvalue weighted by Gasteiger charge is 2.34. The van der Waals surface area contributed by atoms with Gasteiger partial charge in [0.15, 0.2) is 5.65 Å². The normalized spacial score (nSPS) is 14.9. The minimum Gasteiger partial charge on any atom is -0.388 e. The number of aliphatic hydroxyl groups is 1. The summed E-state index contributed by atoms with van der Waals surface area (Å²) < 4.78 is 3.33. The van der Waals surface area contributed by atoms with Crippen molar-refractivity contribution in [1.29, 1.82) is 0 Å². The Hall–Kier alpha value is -4.16. The number of aliphatic hydroxyl groups excluding tert-OH is 1. The Labute approximate surface area is 213 Å². The monoisotopic (exact) mass is 503 g/mol. The van der Waals surface area contributed by atoms with Gasteiger partial charge in [-0.2, -0.15) is 0 Å². The second-order valence-corrected chi connectivity index (χ2v) is 10.1. The molecule has 1 aliphatic rings. The van der Waals surface area contributed by atoms with E-state index in [1.807, 2.05) is 13.2 Å². The molecule has 0 radical (unpaired) electrons. The smallest absolute Gasteiger partial charge is 0.294 e. The van der Waals surface area contributed by atoms with Crippen LogP contribution in [0, 0.1) is 12.3 Å². The Morgan fingerprint density at radius 3 is 2.65 bits per heavy atom. The van der Waals surface area contributed by atoms with E-state index in [2.05, 4.69) is 49.5 Å². The van der Waals surface area contributed by atoms with Crippen molar-refractivity contribution >= 4 is 28.8 Å². The molecule has 0 atom stereocenters. The molecular weight excluding hydrogens is 474 g/mol. The number of hydrogen-bond acceptors (Lipinski definition) is 8. The van der Waals surface area contributed by atoms with Gasteiger partial charge in [0.2, 0.25) is 11.7 Å². The van der Waals surface area contributed by atoms with E-state index in [0.717, 1.165) is 18.7 Å². The Kier molecular flexibility index (Phi) is 6.21. The molecule has 5 rings (SSSR count). The molecule has 2 amide bonds. The molecule has 0 spiro atoms. The van der Waals surface area contributed by atoms with Crippen LogP contribution in [-0.4, -0.2) is 70.6 Å². The van der Waals surface area contributed by atoms with Crippen molar-refractivity contribution < 1.29 is 14.7 Å². The lowest BCUT2D eigenvalue weighted by Gasteiger charge is -2.45. The van der Waals surface area contributed by atoms with Crippen LogP contribution in [0.4, 0.5) is 11.4 Å². The molecule has 192 valence electrons. The number of anilines is 2. The summed E-state index contributed by atoms with van der Waals surface area (Å²) in [6.45, 7) is 8.03. The zero-order valence-corrected chi connectivity index (χ0v) is 21.2. The second kappa shape index (κ2) is 9.37. The summed E-state index contributed by atoms with van der Waals surface area (Å²) in [6.07, 6.45) is 5.08. The second-order valence-electron chi connectivity index (χ2n) is 10.1. The molecule has 0 aliphatic carbocycles. The van der Waals surface area contributed by atoms with E-state index in [-0.39, 0.29) is 23.8 Å². The molecule has 3 N–H and O–H groups in total. The van der Waals surface area contributed by atoms with Gasteiger partial charge in [0.25, 0.3) is 5.91 Å². The van der Waals surface area contributed by atoms with Crippen LogP contribution in [0.2, 0.25) is 0 Å². The van der Waals surface area contributed by atoms with Gasteiger partial charge in [0.1, 0.15) is 12.4 Å². The summed E-state index contributed by atoms with van der Waals surface area (Å²) in [4.78, 5) is 36.3. The molecule has 12 nitrogen and oxygen atoms in total. The molecular formula is C25H29N9O3. The lowest BCUT2D eigenvalue weighted by atomic mass is 9.84. The first-order valence-corrected chi connectivity index (χ1v) is 11.9. The first kappa shape index (κ1) is 24.5. The van der Waals surface area contributed by atoms with Crippen molar-refractivity contribution in [3.8, 4) is 11.3 Å². The van der Waals surface area contributed by atoms with Crippen molar-refractivity contribution in [1.82, 2.24) is 34.0 Å². The average molecular weight is 504 g/mol. The highest BCUT2D eigenvalue weighted by atomic mass is 16.3. The topological polar surface area (TPSA) is 143 Å². The highest BCUT2D eigenvalue weighted by Crippen LogP contribution is 2.28. The number of hydrogen-bond donors (Lipinski definition) is 3. The predicted octanol–water partition coefficient (Wildman–Crippen LogP) is 1.86. The Balaban J connectivity index is 1.29. The molecule has 0 unspecified atom stereocenters. The summed E-state index contributed by atoms with van der Waals surface area (Å²) in [7, 11) is 1.81. The van der Waals surface area contributed by atoms with Crippen molar-refractivity contribution in [2.24, 2.45) is 12.5 Å². The Morgan fingerprint density at radius 2 is 1.95 bits per heavy atom. The van der Waals surface area contributed by atoms with Crippen LogP contribution < -0.4 is 10.6 Å². The third-order valence-electron chi connectivity index (χ3n) is 6.31. The maximum atomic E-state index is 13.1. The highest BCUT2D eigenvalue weighted by molar-refractivity contribution is 6.03. The number of fused-ring (bicyclic) bond motifs is 1. The standard InChI is InChI=1S/C25H29N9O3/c1-15-18(8-17(9-26-15)27-22(36)11-33-13-25(2,3)14-33)29-24(37)23-31-30-20-7-16(5-6-34(20)23)19-10-32(4)21(12-35)28-19/h5-10,35H,11-14H2,1-4H3,(H,27,36)(H,29,37). The number of aryl methyl sites for hydroxylation is 2. The predicted molar refractivity (Wildman–Crippen MR) is 137 cm³/mol. The summed E-state index contributed by atoms with van der Waals surface area (Å²) in [5, 5.41) is 23.3. The SMILES string of the molecule is Cc1ncc(NC(=O)CN2CC(C)(C)C2)cc1NC(=O)c1nnc2cc(-c3cn(C)c(CO)n3)ccn12. The maximum absolute atomic E-state index is 13.1. The van der Waals surface area contributed by atoms with E-state index in [1.165, 1.54) is 0 Å². The van der Waals surface area contributed by atoms with Gasteiger partial charge in [-0.3, -0.25) is 23.9 Å². The van der Waals surface area contributed by atoms with Gasteiger partial charge in [-0.25, -0.2) is 4.98 Å². The summed E-state index contributed by atoms with van der Waals surface area (Å²) in [5.74, 6) is 0.0599. The van der Waals surface area contributed by atoms with Crippen molar-refractivity contribution in [3.63, 3.8) is 0 Å². The number of rotatable bonds is 7. The summed E-state index contributed by atoms with van der Waals surface area (Å²) >= 11 is 0. The third kappa shape index (κ3) is 5.06. The third-order valence-corrected chi connectivity index (χ3v) is 6.31. The zero-order valence-electron chi connectivity index (χ0n) is 21.2. The molecule has 1 aliphatic heterocycles. The quantitative estimate of drug-likeness (QED) is 0.347. The maximum Gasteiger partial charge on any atom is 0.294 e. The number of carbonyl (C=O) groups is 2. The summed E-state index contributed by atoms with van der Waals surface area (Å²) in [5.41, 5.74) is 3.75. The molecule has 5 heterocycles. The van der Waals surface area contributed by atoms with Gasteiger partial charge < -0.3 is 20.3 Å². The van der Waals surface area contributed by atoms with Crippen molar-refractivity contribution in [2.75, 3.05) is 30.3 Å². The van der Waals surface area contributed by atoms with Crippen LogP contribution in [-0.2, 0) is 18.4 Å². The molecule has 0 bridgehead atoms. The van der Waals surface area contributed by atoms with Crippen LogP contribution in [0.3, 0.4) is 0 Å². The number of imidazole rings is 1. The number of likely N-dealkylation sites (tertiary alicyclic amines) is 1.